The van der Waals surface area contributed by atoms with Crippen LogP contribution in [0.5, 0.6) is 0 Å². The minimum absolute atomic E-state index is 0.0508. The number of aromatic nitrogens is 1. The monoisotopic (exact) mass is 589 g/mol. The zero-order valence-corrected chi connectivity index (χ0v) is 25.6. The molecule has 1 aliphatic rings. The van der Waals surface area contributed by atoms with Crippen LogP contribution in [0.4, 0.5) is 0 Å². The van der Waals surface area contributed by atoms with Gasteiger partial charge in [-0.1, -0.05) is 121 Å². The first-order valence-corrected chi connectivity index (χ1v) is 16.0. The second kappa shape index (κ2) is 10.4. The van der Waals surface area contributed by atoms with Crippen molar-refractivity contribution in [2.24, 2.45) is 0 Å². The number of ketones is 1. The molecule has 0 saturated carbocycles. The Kier molecular flexibility index (Phi) is 6.04. The van der Waals surface area contributed by atoms with Crippen LogP contribution < -0.4 is 0 Å². The van der Waals surface area contributed by atoms with Gasteiger partial charge in [-0.15, -0.1) is 0 Å². The van der Waals surface area contributed by atoms with Gasteiger partial charge in [-0.05, 0) is 93.7 Å². The number of fused-ring (bicyclic) bond motifs is 6. The van der Waals surface area contributed by atoms with E-state index in [1.165, 1.54) is 66.1 Å². The van der Waals surface area contributed by atoms with Gasteiger partial charge in [0.1, 0.15) is 0 Å². The molecular formula is C44H31NO. The molecule has 0 bridgehead atoms. The summed E-state index contributed by atoms with van der Waals surface area (Å²) in [5.74, 6) is 0.0508. The summed E-state index contributed by atoms with van der Waals surface area (Å²) in [6.07, 6.45) is 1.87. The lowest BCUT2D eigenvalue weighted by atomic mass is 9.84. The van der Waals surface area contributed by atoms with Crippen LogP contribution in [0.2, 0.25) is 0 Å². The summed E-state index contributed by atoms with van der Waals surface area (Å²) in [4.78, 5) is 12.9. The minimum Gasteiger partial charge on any atom is -0.309 e. The van der Waals surface area contributed by atoms with Crippen LogP contribution in [0.3, 0.4) is 0 Å². The fourth-order valence-electron chi connectivity index (χ4n) is 7.43. The van der Waals surface area contributed by atoms with Gasteiger partial charge in [0.25, 0.3) is 0 Å². The summed E-state index contributed by atoms with van der Waals surface area (Å²) in [5.41, 5.74) is 14.4. The Balaban J connectivity index is 1.04. The van der Waals surface area contributed by atoms with Crippen molar-refractivity contribution in [2.45, 2.75) is 19.8 Å². The topological polar surface area (TPSA) is 22.0 Å². The van der Waals surface area contributed by atoms with Crippen molar-refractivity contribution < 1.29 is 4.79 Å². The van der Waals surface area contributed by atoms with Crippen LogP contribution in [0.1, 0.15) is 43.7 Å². The largest absolute Gasteiger partial charge is 0.309 e. The molecule has 46 heavy (non-hydrogen) atoms. The van der Waals surface area contributed by atoms with Crippen molar-refractivity contribution in [1.82, 2.24) is 4.57 Å². The Morgan fingerprint density at radius 1 is 0.522 bits per heavy atom. The molecule has 0 fully saturated rings. The third-order valence-electron chi connectivity index (χ3n) is 9.78. The number of hydrogen-bond acceptors (Lipinski definition) is 1. The highest BCUT2D eigenvalue weighted by Crippen LogP contribution is 2.37. The van der Waals surface area contributed by atoms with Crippen molar-refractivity contribution in [1.29, 1.82) is 0 Å². The van der Waals surface area contributed by atoms with Gasteiger partial charge >= 0.3 is 0 Å². The summed E-state index contributed by atoms with van der Waals surface area (Å²) < 4.78 is 2.45. The second-order valence-electron chi connectivity index (χ2n) is 12.6. The first kappa shape index (κ1) is 26.7. The molecule has 0 atom stereocenters. The minimum atomic E-state index is 0.0508. The van der Waals surface area contributed by atoms with E-state index in [1.54, 1.807) is 0 Å². The summed E-state index contributed by atoms with van der Waals surface area (Å²) in [6, 6.07) is 51.4. The fraction of sp³-hybridized carbons (Fsp3) is 0.0682. The summed E-state index contributed by atoms with van der Waals surface area (Å²) in [7, 11) is 0. The molecule has 1 aromatic heterocycles. The average Bonchev–Trinajstić information content (AvgIpc) is 3.45. The predicted octanol–water partition coefficient (Wildman–Crippen LogP) is 10.6. The van der Waals surface area contributed by atoms with Gasteiger partial charge in [-0.25, -0.2) is 0 Å². The Morgan fingerprint density at radius 2 is 1.20 bits per heavy atom. The normalized spacial score (nSPS) is 12.4. The molecule has 0 unspecified atom stereocenters. The maximum Gasteiger partial charge on any atom is 0.193 e. The van der Waals surface area contributed by atoms with E-state index < -0.39 is 0 Å². The van der Waals surface area contributed by atoms with Crippen LogP contribution in [-0.4, -0.2) is 10.4 Å². The first-order chi connectivity index (χ1) is 22.6. The Morgan fingerprint density at radius 3 is 2.04 bits per heavy atom. The number of para-hydroxylation sites is 2. The molecule has 1 aliphatic carbocycles. The molecule has 0 aliphatic heterocycles. The van der Waals surface area contributed by atoms with Gasteiger partial charge in [0, 0.05) is 27.6 Å². The van der Waals surface area contributed by atoms with Crippen LogP contribution in [0.15, 0.2) is 146 Å². The lowest BCUT2D eigenvalue weighted by Crippen LogP contribution is -2.09. The first-order valence-electron chi connectivity index (χ1n) is 16.0. The van der Waals surface area contributed by atoms with Gasteiger partial charge in [-0.3, -0.25) is 4.79 Å². The third-order valence-corrected chi connectivity index (χ3v) is 9.78. The Bertz CT molecular complexity index is 2480. The van der Waals surface area contributed by atoms with Gasteiger partial charge in [0.05, 0.1) is 11.0 Å². The molecule has 0 radical (unpaired) electrons. The van der Waals surface area contributed by atoms with Gasteiger partial charge in [-0.2, -0.15) is 0 Å². The molecular weight excluding hydrogens is 558 g/mol. The van der Waals surface area contributed by atoms with E-state index in [2.05, 4.69) is 115 Å². The fourth-order valence-corrected chi connectivity index (χ4v) is 7.43. The van der Waals surface area contributed by atoms with Crippen LogP contribution in [-0.2, 0) is 12.8 Å². The molecule has 9 rings (SSSR count). The zero-order chi connectivity index (χ0) is 30.8. The Hall–Kier alpha value is -5.73. The maximum absolute atomic E-state index is 12.9. The average molecular weight is 590 g/mol. The summed E-state index contributed by atoms with van der Waals surface area (Å²) in [6.45, 7) is 2.21. The number of carbonyl (C=O) groups excluding carboxylic acids is 1. The van der Waals surface area contributed by atoms with E-state index in [-0.39, 0.29) is 5.78 Å². The molecule has 0 amide bonds. The van der Waals surface area contributed by atoms with Crippen LogP contribution in [0, 0.1) is 6.92 Å². The van der Waals surface area contributed by atoms with Crippen LogP contribution in [0.25, 0.3) is 49.4 Å². The summed E-state index contributed by atoms with van der Waals surface area (Å²) >= 11 is 0. The molecule has 0 saturated heterocycles. The van der Waals surface area contributed by atoms with E-state index in [0.717, 1.165) is 24.0 Å². The van der Waals surface area contributed by atoms with Crippen molar-refractivity contribution >= 4 is 38.4 Å². The van der Waals surface area contributed by atoms with Crippen molar-refractivity contribution in [3.63, 3.8) is 0 Å². The van der Waals surface area contributed by atoms with Crippen molar-refractivity contribution in [3.8, 4) is 16.8 Å². The highest BCUT2D eigenvalue weighted by molar-refractivity contribution is 6.10. The number of carbonyl (C=O) groups is 1. The molecule has 2 nitrogen and oxygen atoms in total. The number of hydrogen-bond donors (Lipinski definition) is 0. The van der Waals surface area contributed by atoms with E-state index >= 15 is 0 Å². The van der Waals surface area contributed by atoms with Gasteiger partial charge in [0.15, 0.2) is 5.78 Å². The van der Waals surface area contributed by atoms with E-state index in [1.807, 2.05) is 42.5 Å². The Labute approximate surface area is 268 Å². The smallest absolute Gasteiger partial charge is 0.193 e. The molecule has 218 valence electrons. The number of benzene rings is 7. The van der Waals surface area contributed by atoms with Crippen LogP contribution >= 0.6 is 0 Å². The maximum atomic E-state index is 12.9. The molecule has 0 spiro atoms. The standard InChI is InChI=1S/C44H31NO/c1-28-8-7-12-41-40-11-5-6-13-42(40)45(43(28)41)39-21-20-34-24-36-25-35-22-32(18-19-33(35)23-37(36)26-38(34)27-39)29-14-16-31(17-15-29)44(46)30-9-3-2-4-10-30/h2-23,25,27H,24,26H2,1H3. The van der Waals surface area contributed by atoms with E-state index in [9.17, 15) is 4.79 Å². The quantitative estimate of drug-likeness (QED) is 0.187. The lowest BCUT2D eigenvalue weighted by Gasteiger charge is -2.22. The van der Waals surface area contributed by atoms with E-state index in [0.29, 0.717) is 11.1 Å². The van der Waals surface area contributed by atoms with Crippen molar-refractivity contribution in [2.75, 3.05) is 0 Å². The molecule has 7 aromatic carbocycles. The van der Waals surface area contributed by atoms with E-state index in [4.69, 9.17) is 0 Å². The zero-order valence-electron chi connectivity index (χ0n) is 25.6. The SMILES string of the molecule is Cc1cccc2c3ccccc3n(-c3ccc4c(c3)Cc3cc5ccc(-c6ccc(C(=O)c7ccccc7)cc6)cc5cc3C4)c12. The molecule has 0 N–H and O–H groups in total. The molecule has 8 aromatic rings. The van der Waals surface area contributed by atoms with Crippen molar-refractivity contribution in [3.05, 3.63) is 185 Å². The number of rotatable bonds is 4. The van der Waals surface area contributed by atoms with Gasteiger partial charge < -0.3 is 4.57 Å². The van der Waals surface area contributed by atoms with Gasteiger partial charge in [0.2, 0.25) is 0 Å². The third kappa shape index (κ3) is 4.29. The summed E-state index contributed by atoms with van der Waals surface area (Å²) in [5, 5.41) is 5.12. The predicted molar refractivity (Wildman–Crippen MR) is 190 cm³/mol. The highest BCUT2D eigenvalue weighted by atomic mass is 16.1. The molecule has 1 heterocycles. The second-order valence-corrected chi connectivity index (χ2v) is 12.6. The number of aryl methyl sites for hydroxylation is 1. The highest BCUT2D eigenvalue weighted by Gasteiger charge is 2.19. The lowest BCUT2D eigenvalue weighted by molar-refractivity contribution is 0.103. The number of nitrogens with zero attached hydrogens (tertiary/aromatic N) is 1. The molecule has 2 heteroatoms.